The Labute approximate surface area is 211 Å². The molecule has 1 spiro atoms. The molecule has 6 rings (SSSR count). The van der Waals surface area contributed by atoms with Crippen LogP contribution in [0.4, 0.5) is 17.5 Å². The van der Waals surface area contributed by atoms with Crippen molar-refractivity contribution in [2.24, 2.45) is 5.92 Å². The quantitative estimate of drug-likeness (QED) is 0.577. The number of amides is 1. The van der Waals surface area contributed by atoms with Crippen LogP contribution in [0.2, 0.25) is 0 Å². The summed E-state index contributed by atoms with van der Waals surface area (Å²) in [7, 11) is -3.61. The fourth-order valence-electron chi connectivity index (χ4n) is 6.42. The van der Waals surface area contributed by atoms with Crippen LogP contribution >= 0.6 is 0 Å². The molecule has 1 amide bonds. The van der Waals surface area contributed by atoms with Gasteiger partial charge < -0.3 is 10.1 Å². The summed E-state index contributed by atoms with van der Waals surface area (Å²) in [4.78, 5) is 36.3. The number of anilines is 3. The summed E-state index contributed by atoms with van der Waals surface area (Å²) in [5, 5.41) is 2.59. The molecule has 8 nitrogen and oxygen atoms in total. The summed E-state index contributed by atoms with van der Waals surface area (Å²) < 4.78 is 26.6. The zero-order valence-corrected chi connectivity index (χ0v) is 21.4. The second kappa shape index (κ2) is 8.64. The molecule has 0 bridgehead atoms. The summed E-state index contributed by atoms with van der Waals surface area (Å²) >= 11 is 0. The fraction of sp³-hybridized carbons (Fsp3) is 0.556. The van der Waals surface area contributed by atoms with E-state index in [-0.39, 0.29) is 16.8 Å². The molecule has 2 unspecified atom stereocenters. The molecule has 190 valence electrons. The van der Waals surface area contributed by atoms with Crippen molar-refractivity contribution >= 4 is 39.5 Å². The van der Waals surface area contributed by atoms with Gasteiger partial charge >= 0.3 is 0 Å². The first-order valence-electron chi connectivity index (χ1n) is 13.1. The van der Waals surface area contributed by atoms with Crippen molar-refractivity contribution in [3.8, 4) is 0 Å². The van der Waals surface area contributed by atoms with Gasteiger partial charge in [-0.05, 0) is 69.2 Å². The van der Waals surface area contributed by atoms with Gasteiger partial charge in [0.15, 0.2) is 9.84 Å². The summed E-state index contributed by atoms with van der Waals surface area (Å²) in [6.45, 7) is 1.85. The van der Waals surface area contributed by atoms with E-state index >= 15 is 0 Å². The SMILES string of the molecule is Cc1cc(S(=O)(=O)C2CCCCC2C=O)ccc1Nc1ncc2c(n1)N(C1CCCC1)C(=O)C21CC1. The number of hydrogen-bond acceptors (Lipinski definition) is 7. The number of fused-ring (bicyclic) bond motifs is 2. The number of hydrogen-bond donors (Lipinski definition) is 1. The molecule has 2 heterocycles. The lowest BCUT2D eigenvalue weighted by atomic mass is 9.90. The van der Waals surface area contributed by atoms with E-state index in [0.717, 1.165) is 74.6 Å². The van der Waals surface area contributed by atoms with Crippen LogP contribution in [0.5, 0.6) is 0 Å². The third-order valence-electron chi connectivity index (χ3n) is 8.68. The van der Waals surface area contributed by atoms with Crippen molar-refractivity contribution in [2.45, 2.75) is 92.7 Å². The normalized spacial score (nSPS) is 25.2. The lowest BCUT2D eigenvalue weighted by Crippen LogP contribution is -2.39. The van der Waals surface area contributed by atoms with Crippen molar-refractivity contribution in [1.82, 2.24) is 9.97 Å². The fourth-order valence-corrected chi connectivity index (χ4v) is 8.51. The summed E-state index contributed by atoms with van der Waals surface area (Å²) in [5.74, 6) is 0.866. The lowest BCUT2D eigenvalue weighted by molar-refractivity contribution is -0.120. The molecule has 1 aliphatic heterocycles. The minimum Gasteiger partial charge on any atom is -0.324 e. The summed E-state index contributed by atoms with van der Waals surface area (Å²) in [6.07, 6.45) is 11.5. The van der Waals surface area contributed by atoms with E-state index < -0.39 is 26.4 Å². The minimum absolute atomic E-state index is 0.179. The predicted octanol–water partition coefficient (Wildman–Crippen LogP) is 4.38. The summed E-state index contributed by atoms with van der Waals surface area (Å²) in [5.41, 5.74) is 1.99. The van der Waals surface area contributed by atoms with Crippen molar-refractivity contribution < 1.29 is 18.0 Å². The number of aryl methyl sites for hydroxylation is 1. The zero-order chi connectivity index (χ0) is 25.1. The molecule has 1 N–H and O–H groups in total. The van der Waals surface area contributed by atoms with Crippen molar-refractivity contribution in [3.05, 3.63) is 35.5 Å². The molecule has 9 heteroatoms. The molecule has 4 aliphatic rings. The average molecular weight is 509 g/mol. The molecular formula is C27H32N4O4S. The van der Waals surface area contributed by atoms with Crippen LogP contribution in [0.25, 0.3) is 0 Å². The Morgan fingerprint density at radius 2 is 1.81 bits per heavy atom. The van der Waals surface area contributed by atoms with Gasteiger partial charge in [-0.3, -0.25) is 9.69 Å². The highest BCUT2D eigenvalue weighted by molar-refractivity contribution is 7.92. The highest BCUT2D eigenvalue weighted by Crippen LogP contribution is 2.57. The topological polar surface area (TPSA) is 109 Å². The standard InChI is InChI=1S/C27H32N4O4S/c1-17-14-20(36(34,35)23-9-5-2-6-18(23)16-32)10-11-22(17)29-26-28-15-21-24(30-26)31(19-7-3-4-8-19)25(33)27(21)12-13-27/h10-11,14-16,18-19,23H,2-9,12-13H2,1H3,(H,28,29,30). The van der Waals surface area contributed by atoms with Crippen molar-refractivity contribution in [3.63, 3.8) is 0 Å². The van der Waals surface area contributed by atoms with Crippen molar-refractivity contribution in [2.75, 3.05) is 10.2 Å². The van der Waals surface area contributed by atoms with Gasteiger partial charge in [0.05, 0.1) is 15.6 Å². The van der Waals surface area contributed by atoms with Gasteiger partial charge in [0.1, 0.15) is 12.1 Å². The number of rotatable bonds is 6. The third-order valence-corrected chi connectivity index (χ3v) is 11.0. The second-order valence-electron chi connectivity index (χ2n) is 10.9. The van der Waals surface area contributed by atoms with Crippen LogP contribution in [0.3, 0.4) is 0 Å². The van der Waals surface area contributed by atoms with E-state index in [4.69, 9.17) is 4.98 Å². The third kappa shape index (κ3) is 3.66. The molecule has 0 saturated heterocycles. The first-order valence-corrected chi connectivity index (χ1v) is 14.7. The smallest absolute Gasteiger partial charge is 0.239 e. The minimum atomic E-state index is -3.61. The van der Waals surface area contributed by atoms with Gasteiger partial charge in [-0.2, -0.15) is 4.98 Å². The Morgan fingerprint density at radius 3 is 2.50 bits per heavy atom. The Bertz CT molecular complexity index is 1330. The van der Waals surface area contributed by atoms with Gasteiger partial charge in [0, 0.05) is 29.4 Å². The van der Waals surface area contributed by atoms with Crippen LogP contribution in [-0.2, 0) is 24.8 Å². The van der Waals surface area contributed by atoms with Crippen molar-refractivity contribution in [1.29, 1.82) is 0 Å². The Kier molecular flexibility index (Phi) is 5.66. The molecule has 3 fully saturated rings. The Morgan fingerprint density at radius 1 is 1.08 bits per heavy atom. The molecular weight excluding hydrogens is 476 g/mol. The molecule has 2 atom stereocenters. The number of aromatic nitrogens is 2. The monoisotopic (exact) mass is 508 g/mol. The number of nitrogens with one attached hydrogen (secondary N) is 1. The number of sulfone groups is 1. The van der Waals surface area contributed by atoms with E-state index in [1.165, 1.54) is 0 Å². The predicted molar refractivity (Wildman–Crippen MR) is 136 cm³/mol. The van der Waals surface area contributed by atoms with E-state index in [9.17, 15) is 18.0 Å². The van der Waals surface area contributed by atoms with E-state index in [0.29, 0.717) is 24.5 Å². The van der Waals surface area contributed by atoms with Gasteiger partial charge in [0.2, 0.25) is 11.9 Å². The van der Waals surface area contributed by atoms with Gasteiger partial charge in [0.25, 0.3) is 0 Å². The number of nitrogens with zero attached hydrogens (tertiary/aromatic N) is 3. The van der Waals surface area contributed by atoms with Crippen LogP contribution < -0.4 is 10.2 Å². The Hall–Kier alpha value is -2.81. The number of benzene rings is 1. The largest absolute Gasteiger partial charge is 0.324 e. The number of carbonyl (C=O) groups is 2. The number of carbonyl (C=O) groups excluding carboxylic acids is 2. The zero-order valence-electron chi connectivity index (χ0n) is 20.6. The second-order valence-corrected chi connectivity index (χ2v) is 13.1. The molecule has 36 heavy (non-hydrogen) atoms. The molecule has 1 aromatic heterocycles. The number of aldehydes is 1. The van der Waals surface area contributed by atoms with E-state index in [1.807, 2.05) is 11.8 Å². The van der Waals surface area contributed by atoms with Crippen LogP contribution in [-0.4, -0.2) is 41.9 Å². The first-order chi connectivity index (χ1) is 17.3. The van der Waals surface area contributed by atoms with Gasteiger partial charge in [-0.1, -0.05) is 25.7 Å². The molecule has 0 radical (unpaired) electrons. The highest BCUT2D eigenvalue weighted by atomic mass is 32.2. The summed E-state index contributed by atoms with van der Waals surface area (Å²) in [6, 6.07) is 5.21. The van der Waals surface area contributed by atoms with Crippen LogP contribution in [0.1, 0.15) is 75.3 Å². The maximum absolute atomic E-state index is 13.3. The maximum atomic E-state index is 13.3. The average Bonchev–Trinajstić information content (AvgIpc) is 3.44. The molecule has 3 aliphatic carbocycles. The Balaban J connectivity index is 1.27. The molecule has 1 aromatic carbocycles. The van der Waals surface area contributed by atoms with E-state index in [1.54, 1.807) is 24.4 Å². The highest BCUT2D eigenvalue weighted by Gasteiger charge is 2.61. The maximum Gasteiger partial charge on any atom is 0.239 e. The first kappa shape index (κ1) is 23.6. The molecule has 2 aromatic rings. The van der Waals surface area contributed by atoms with Gasteiger partial charge in [-0.25, -0.2) is 13.4 Å². The lowest BCUT2D eigenvalue weighted by Gasteiger charge is -2.27. The molecule has 3 saturated carbocycles. The van der Waals surface area contributed by atoms with Gasteiger partial charge in [-0.15, -0.1) is 0 Å². The van der Waals surface area contributed by atoms with E-state index in [2.05, 4.69) is 10.3 Å². The van der Waals surface area contributed by atoms with Crippen LogP contribution in [0.15, 0.2) is 29.3 Å². The van der Waals surface area contributed by atoms with Crippen LogP contribution in [0, 0.1) is 12.8 Å².